The van der Waals surface area contributed by atoms with Crippen molar-refractivity contribution in [1.29, 1.82) is 0 Å². The number of nitrogens with one attached hydrogen (secondary N) is 1. The standard InChI is InChI=1S/C15H21N5O3S2/c1-5-23-14(22)10-9(11(13(21)17-4)25-12(10)16)6-24-15-19-18-7-20(15)8(2)3/h7-8H,5-6,16H2,1-4H3,(H,17,21). The number of nitrogens with zero attached hydrogens (tertiary/aromatic N) is 3. The van der Waals surface area contributed by atoms with Crippen molar-refractivity contribution >= 4 is 40.0 Å². The zero-order valence-corrected chi connectivity index (χ0v) is 16.2. The number of nitrogen functional groups attached to an aromatic ring is 1. The molecular formula is C15H21N5O3S2. The van der Waals surface area contributed by atoms with Gasteiger partial charge in [-0.15, -0.1) is 21.5 Å². The summed E-state index contributed by atoms with van der Waals surface area (Å²) in [6, 6.07) is 0.202. The van der Waals surface area contributed by atoms with Crippen molar-refractivity contribution in [3.63, 3.8) is 0 Å². The van der Waals surface area contributed by atoms with Gasteiger partial charge in [0.25, 0.3) is 5.91 Å². The van der Waals surface area contributed by atoms with Crippen LogP contribution in [0, 0.1) is 0 Å². The van der Waals surface area contributed by atoms with Crippen LogP contribution in [0.4, 0.5) is 5.00 Å². The van der Waals surface area contributed by atoms with E-state index in [2.05, 4.69) is 15.5 Å². The summed E-state index contributed by atoms with van der Waals surface area (Å²) in [6.07, 6.45) is 1.65. The number of amides is 1. The van der Waals surface area contributed by atoms with Gasteiger partial charge in [0.2, 0.25) is 0 Å². The van der Waals surface area contributed by atoms with Crippen molar-refractivity contribution in [3.05, 3.63) is 22.3 Å². The number of carbonyl (C=O) groups excluding carboxylic acids is 2. The van der Waals surface area contributed by atoms with Crippen LogP contribution >= 0.6 is 23.1 Å². The normalized spacial score (nSPS) is 10.9. The predicted molar refractivity (Wildman–Crippen MR) is 98.0 cm³/mol. The van der Waals surface area contributed by atoms with Crippen molar-refractivity contribution in [2.45, 2.75) is 37.7 Å². The van der Waals surface area contributed by atoms with Crippen LogP contribution in [0.2, 0.25) is 0 Å². The Hall–Kier alpha value is -2.07. The second-order valence-corrected chi connectivity index (χ2v) is 7.35. The first kappa shape index (κ1) is 19.3. The number of carbonyl (C=O) groups is 2. The fraction of sp³-hybridized carbons (Fsp3) is 0.467. The quantitative estimate of drug-likeness (QED) is 0.557. The molecule has 2 heterocycles. The van der Waals surface area contributed by atoms with Gasteiger partial charge >= 0.3 is 5.97 Å². The lowest BCUT2D eigenvalue weighted by Crippen LogP contribution is -2.18. The highest BCUT2D eigenvalue weighted by atomic mass is 32.2. The minimum absolute atomic E-state index is 0.202. The number of hydrogen-bond acceptors (Lipinski definition) is 8. The summed E-state index contributed by atoms with van der Waals surface area (Å²) in [5, 5.41) is 11.6. The lowest BCUT2D eigenvalue weighted by Gasteiger charge is -2.10. The summed E-state index contributed by atoms with van der Waals surface area (Å²) in [5.41, 5.74) is 6.81. The molecule has 2 aromatic rings. The highest BCUT2D eigenvalue weighted by Gasteiger charge is 2.27. The van der Waals surface area contributed by atoms with Gasteiger partial charge in [-0.3, -0.25) is 4.79 Å². The van der Waals surface area contributed by atoms with E-state index >= 15 is 0 Å². The van der Waals surface area contributed by atoms with Crippen LogP contribution in [-0.4, -0.2) is 40.3 Å². The Morgan fingerprint density at radius 2 is 2.20 bits per heavy atom. The highest BCUT2D eigenvalue weighted by Crippen LogP contribution is 2.36. The SMILES string of the molecule is CCOC(=O)c1c(N)sc(C(=O)NC)c1CSc1nncn1C(C)C. The van der Waals surface area contributed by atoms with Gasteiger partial charge in [-0.05, 0) is 20.8 Å². The summed E-state index contributed by atoms with van der Waals surface area (Å²) in [6.45, 7) is 6.00. The summed E-state index contributed by atoms with van der Waals surface area (Å²) >= 11 is 2.48. The van der Waals surface area contributed by atoms with Crippen molar-refractivity contribution in [1.82, 2.24) is 20.1 Å². The third kappa shape index (κ3) is 4.13. The zero-order valence-electron chi connectivity index (χ0n) is 14.5. The molecule has 10 heteroatoms. The van der Waals surface area contributed by atoms with Gasteiger partial charge < -0.3 is 20.4 Å². The minimum Gasteiger partial charge on any atom is -0.462 e. The van der Waals surface area contributed by atoms with Crippen LogP contribution in [0.15, 0.2) is 11.5 Å². The van der Waals surface area contributed by atoms with E-state index in [0.29, 0.717) is 21.3 Å². The Balaban J connectivity index is 2.38. The van der Waals surface area contributed by atoms with Crippen LogP contribution in [0.3, 0.4) is 0 Å². The molecule has 0 saturated heterocycles. The molecule has 0 atom stereocenters. The van der Waals surface area contributed by atoms with E-state index in [0.717, 1.165) is 11.3 Å². The van der Waals surface area contributed by atoms with E-state index in [9.17, 15) is 9.59 Å². The molecule has 0 bridgehead atoms. The van der Waals surface area contributed by atoms with Gasteiger partial charge in [-0.2, -0.15) is 0 Å². The molecule has 25 heavy (non-hydrogen) atoms. The maximum atomic E-state index is 12.3. The molecule has 0 aromatic carbocycles. The number of aromatic nitrogens is 3. The van der Waals surface area contributed by atoms with E-state index in [1.807, 2.05) is 18.4 Å². The van der Waals surface area contributed by atoms with E-state index in [1.165, 1.54) is 18.8 Å². The van der Waals surface area contributed by atoms with Gasteiger partial charge in [0.1, 0.15) is 11.3 Å². The third-order valence-electron chi connectivity index (χ3n) is 3.39. The maximum absolute atomic E-state index is 12.3. The van der Waals surface area contributed by atoms with Crippen molar-refractivity contribution in [3.8, 4) is 0 Å². The van der Waals surface area contributed by atoms with Crippen LogP contribution in [0.5, 0.6) is 0 Å². The molecule has 0 spiro atoms. The topological polar surface area (TPSA) is 112 Å². The maximum Gasteiger partial charge on any atom is 0.341 e. The number of nitrogens with two attached hydrogens (primary N) is 1. The van der Waals surface area contributed by atoms with Crippen LogP contribution in [-0.2, 0) is 10.5 Å². The van der Waals surface area contributed by atoms with Crippen LogP contribution in [0.1, 0.15) is 52.4 Å². The van der Waals surface area contributed by atoms with E-state index in [1.54, 1.807) is 13.3 Å². The van der Waals surface area contributed by atoms with Crippen molar-refractivity contribution in [2.75, 3.05) is 19.4 Å². The zero-order chi connectivity index (χ0) is 18.6. The lowest BCUT2D eigenvalue weighted by molar-refractivity contribution is 0.0527. The molecule has 2 aromatic heterocycles. The Kier molecular flexibility index (Phi) is 6.43. The lowest BCUT2D eigenvalue weighted by atomic mass is 10.1. The minimum atomic E-state index is -0.521. The van der Waals surface area contributed by atoms with Crippen molar-refractivity contribution < 1.29 is 14.3 Å². The molecule has 136 valence electrons. The van der Waals surface area contributed by atoms with E-state index < -0.39 is 5.97 Å². The first-order valence-corrected chi connectivity index (χ1v) is 9.53. The molecule has 0 saturated carbocycles. The summed E-state index contributed by atoms with van der Waals surface area (Å²) in [4.78, 5) is 24.9. The molecule has 8 nitrogen and oxygen atoms in total. The average Bonchev–Trinajstić information content (AvgIpc) is 3.16. The number of thioether (sulfide) groups is 1. The Morgan fingerprint density at radius 3 is 2.80 bits per heavy atom. The number of hydrogen-bond donors (Lipinski definition) is 2. The Labute approximate surface area is 154 Å². The smallest absolute Gasteiger partial charge is 0.341 e. The highest BCUT2D eigenvalue weighted by molar-refractivity contribution is 7.98. The molecule has 0 aliphatic heterocycles. The van der Waals surface area contributed by atoms with E-state index in [-0.39, 0.29) is 29.1 Å². The first-order chi connectivity index (χ1) is 11.9. The number of anilines is 1. The molecule has 3 N–H and O–H groups in total. The Bertz CT molecular complexity index is 769. The van der Waals surface area contributed by atoms with Gasteiger partial charge in [0.05, 0.1) is 17.0 Å². The average molecular weight is 383 g/mol. The molecule has 0 aliphatic carbocycles. The molecule has 0 fully saturated rings. The Morgan fingerprint density at radius 1 is 1.48 bits per heavy atom. The molecule has 0 unspecified atom stereocenters. The number of thiophene rings is 1. The molecule has 0 aliphatic rings. The van der Waals surface area contributed by atoms with Crippen molar-refractivity contribution in [2.24, 2.45) is 0 Å². The number of rotatable bonds is 7. The molecule has 1 amide bonds. The third-order valence-corrected chi connectivity index (χ3v) is 5.43. The second-order valence-electron chi connectivity index (χ2n) is 5.35. The summed E-state index contributed by atoms with van der Waals surface area (Å²) in [5.74, 6) is -0.448. The number of ether oxygens (including phenoxy) is 1. The molecule has 0 radical (unpaired) electrons. The fourth-order valence-corrected chi connectivity index (χ4v) is 4.36. The van der Waals surface area contributed by atoms with Gasteiger partial charge in [-0.1, -0.05) is 11.8 Å². The van der Waals surface area contributed by atoms with Gasteiger partial charge in [-0.25, -0.2) is 4.79 Å². The van der Waals surface area contributed by atoms with Crippen LogP contribution in [0.25, 0.3) is 0 Å². The van der Waals surface area contributed by atoms with Gasteiger partial charge in [0.15, 0.2) is 5.16 Å². The summed E-state index contributed by atoms with van der Waals surface area (Å²) in [7, 11) is 1.54. The monoisotopic (exact) mass is 383 g/mol. The number of esters is 1. The fourth-order valence-electron chi connectivity index (χ4n) is 2.17. The van der Waals surface area contributed by atoms with Gasteiger partial charge in [0, 0.05) is 24.4 Å². The largest absolute Gasteiger partial charge is 0.462 e. The second kappa shape index (κ2) is 8.34. The van der Waals surface area contributed by atoms with E-state index in [4.69, 9.17) is 10.5 Å². The molecule has 2 rings (SSSR count). The molecular weight excluding hydrogens is 362 g/mol. The first-order valence-electron chi connectivity index (χ1n) is 7.73. The summed E-state index contributed by atoms with van der Waals surface area (Å²) < 4.78 is 7.01. The van der Waals surface area contributed by atoms with Crippen LogP contribution < -0.4 is 11.1 Å². The predicted octanol–water partition coefficient (Wildman–Crippen LogP) is 2.33.